The molecule has 1 unspecified atom stereocenters. The van der Waals surface area contributed by atoms with Crippen LogP contribution in [0.25, 0.3) is 0 Å². The molecule has 2 amide bonds. The fraction of sp³-hybridized carbons (Fsp3) is 0.387. The minimum absolute atomic E-state index is 0.132. The zero-order valence-electron chi connectivity index (χ0n) is 20.5. The first-order valence-corrected chi connectivity index (χ1v) is 13.2. The molecular weight excluding hydrogens is 446 g/mol. The van der Waals surface area contributed by atoms with Gasteiger partial charge in [-0.25, -0.2) is 0 Å². The van der Waals surface area contributed by atoms with Crippen LogP contribution in [0.4, 0.5) is 0 Å². The van der Waals surface area contributed by atoms with Crippen molar-refractivity contribution in [2.45, 2.75) is 51.1 Å². The number of pyridine rings is 1. The van der Waals surface area contributed by atoms with E-state index >= 15 is 0 Å². The van der Waals surface area contributed by atoms with Crippen molar-refractivity contribution in [3.05, 3.63) is 101 Å². The Labute approximate surface area is 212 Å². The summed E-state index contributed by atoms with van der Waals surface area (Å²) in [6.07, 6.45) is 8.96. The molecule has 0 saturated heterocycles. The van der Waals surface area contributed by atoms with Gasteiger partial charge in [0.1, 0.15) is 0 Å². The number of amides is 2. The number of hydrogen-bond acceptors (Lipinski definition) is 3. The first-order chi connectivity index (χ1) is 17.6. The Balaban J connectivity index is 1.10. The van der Waals surface area contributed by atoms with E-state index in [0.717, 1.165) is 53.8 Å². The Bertz CT molecular complexity index is 1150. The Kier molecular flexibility index (Phi) is 6.08. The fourth-order valence-corrected chi connectivity index (χ4v) is 7.27. The average molecular weight is 480 g/mol. The van der Waals surface area contributed by atoms with E-state index in [2.05, 4.69) is 15.6 Å². The quantitative estimate of drug-likeness (QED) is 0.474. The standard InChI is InChI=1S/C31H33N3O2/c35-29(34-28(25-6-2-1-3-7-25)27-8-4-5-13-32-27)26-11-9-21(10-12-26)20-33-30(36)31-17-22-14-23(18-31)16-24(15-22)19-31/h1-13,22-24,28H,14-20H2,(H,33,36)(H,34,35). The number of carbonyl (C=O) groups is 2. The number of benzene rings is 2. The third kappa shape index (κ3) is 4.55. The Morgan fingerprint density at radius 3 is 2.08 bits per heavy atom. The van der Waals surface area contributed by atoms with Crippen LogP contribution in [-0.2, 0) is 11.3 Å². The number of rotatable bonds is 7. The summed E-state index contributed by atoms with van der Waals surface area (Å²) in [5, 5.41) is 6.37. The lowest BCUT2D eigenvalue weighted by Gasteiger charge is -2.55. The van der Waals surface area contributed by atoms with E-state index in [1.54, 1.807) is 6.20 Å². The second-order valence-electron chi connectivity index (χ2n) is 11.1. The molecule has 2 aromatic carbocycles. The molecule has 5 heteroatoms. The Morgan fingerprint density at radius 1 is 0.833 bits per heavy atom. The number of nitrogens with zero attached hydrogens (tertiary/aromatic N) is 1. The zero-order chi connectivity index (χ0) is 24.5. The minimum atomic E-state index is -0.334. The highest BCUT2D eigenvalue weighted by Crippen LogP contribution is 2.60. The van der Waals surface area contributed by atoms with Crippen LogP contribution in [0.15, 0.2) is 79.0 Å². The molecule has 1 aromatic heterocycles. The van der Waals surface area contributed by atoms with Crippen molar-refractivity contribution in [2.75, 3.05) is 0 Å². The van der Waals surface area contributed by atoms with Crippen LogP contribution in [0.3, 0.4) is 0 Å². The van der Waals surface area contributed by atoms with Crippen LogP contribution in [0, 0.1) is 23.2 Å². The molecule has 36 heavy (non-hydrogen) atoms. The van der Waals surface area contributed by atoms with Gasteiger partial charge in [-0.15, -0.1) is 0 Å². The number of hydrogen-bond donors (Lipinski definition) is 2. The summed E-state index contributed by atoms with van der Waals surface area (Å²) in [7, 11) is 0. The average Bonchev–Trinajstić information content (AvgIpc) is 2.91. The lowest BCUT2D eigenvalue weighted by Crippen LogP contribution is -2.53. The van der Waals surface area contributed by atoms with Crippen molar-refractivity contribution in [3.8, 4) is 0 Å². The number of carbonyl (C=O) groups excluding carboxylic acids is 2. The highest BCUT2D eigenvalue weighted by molar-refractivity contribution is 5.94. The zero-order valence-corrected chi connectivity index (χ0v) is 20.5. The first kappa shape index (κ1) is 23.0. The summed E-state index contributed by atoms with van der Waals surface area (Å²) in [6, 6.07) is 22.8. The number of aromatic nitrogens is 1. The molecule has 4 fully saturated rings. The van der Waals surface area contributed by atoms with E-state index in [-0.39, 0.29) is 23.3 Å². The third-order valence-electron chi connectivity index (χ3n) is 8.58. The molecular formula is C31H33N3O2. The monoisotopic (exact) mass is 479 g/mol. The summed E-state index contributed by atoms with van der Waals surface area (Å²) in [5.41, 5.74) is 3.23. The van der Waals surface area contributed by atoms with E-state index in [4.69, 9.17) is 0 Å². The molecule has 1 atom stereocenters. The van der Waals surface area contributed by atoms with Crippen LogP contribution in [0.1, 0.15) is 71.7 Å². The molecule has 4 aliphatic carbocycles. The third-order valence-corrected chi connectivity index (χ3v) is 8.58. The maximum atomic E-state index is 13.3. The molecule has 5 nitrogen and oxygen atoms in total. The summed E-state index contributed by atoms with van der Waals surface area (Å²) in [5.74, 6) is 2.35. The molecule has 0 radical (unpaired) electrons. The molecule has 4 bridgehead atoms. The van der Waals surface area contributed by atoms with Crippen LogP contribution in [-0.4, -0.2) is 16.8 Å². The summed E-state index contributed by atoms with van der Waals surface area (Å²) < 4.78 is 0. The minimum Gasteiger partial charge on any atom is -0.352 e. The predicted molar refractivity (Wildman–Crippen MR) is 139 cm³/mol. The molecule has 3 aromatic rings. The molecule has 2 N–H and O–H groups in total. The van der Waals surface area contributed by atoms with Crippen molar-refractivity contribution in [1.29, 1.82) is 0 Å². The summed E-state index contributed by atoms with van der Waals surface area (Å²) in [6.45, 7) is 0.503. The Morgan fingerprint density at radius 2 is 1.47 bits per heavy atom. The van der Waals surface area contributed by atoms with Crippen molar-refractivity contribution in [1.82, 2.24) is 15.6 Å². The Hall–Kier alpha value is -3.47. The second-order valence-corrected chi connectivity index (χ2v) is 11.1. The van der Waals surface area contributed by atoms with Gasteiger partial charge < -0.3 is 10.6 Å². The van der Waals surface area contributed by atoms with E-state index in [1.807, 2.05) is 72.8 Å². The number of nitrogens with one attached hydrogen (secondary N) is 2. The first-order valence-electron chi connectivity index (χ1n) is 13.2. The van der Waals surface area contributed by atoms with Gasteiger partial charge in [-0.3, -0.25) is 14.6 Å². The van der Waals surface area contributed by atoms with Gasteiger partial charge in [-0.05, 0) is 91.7 Å². The predicted octanol–water partition coefficient (Wildman–Crippen LogP) is 5.43. The van der Waals surface area contributed by atoms with Crippen molar-refractivity contribution in [2.24, 2.45) is 23.2 Å². The van der Waals surface area contributed by atoms with E-state index < -0.39 is 0 Å². The van der Waals surface area contributed by atoms with E-state index in [9.17, 15) is 9.59 Å². The van der Waals surface area contributed by atoms with E-state index in [1.165, 1.54) is 19.3 Å². The van der Waals surface area contributed by atoms with Crippen molar-refractivity contribution in [3.63, 3.8) is 0 Å². The van der Waals surface area contributed by atoms with Crippen LogP contribution in [0.5, 0.6) is 0 Å². The molecule has 4 saturated carbocycles. The van der Waals surface area contributed by atoms with Crippen molar-refractivity contribution < 1.29 is 9.59 Å². The van der Waals surface area contributed by atoms with Gasteiger partial charge in [0.05, 0.1) is 11.7 Å². The van der Waals surface area contributed by atoms with Crippen molar-refractivity contribution >= 4 is 11.8 Å². The lowest BCUT2D eigenvalue weighted by atomic mass is 9.49. The van der Waals surface area contributed by atoms with Gasteiger partial charge >= 0.3 is 0 Å². The summed E-state index contributed by atoms with van der Waals surface area (Å²) in [4.78, 5) is 30.9. The molecule has 0 aliphatic heterocycles. The fourth-order valence-electron chi connectivity index (χ4n) is 7.27. The summed E-state index contributed by atoms with van der Waals surface area (Å²) >= 11 is 0. The van der Waals surface area contributed by atoms with Crippen LogP contribution in [0.2, 0.25) is 0 Å². The maximum Gasteiger partial charge on any atom is 0.252 e. The SMILES string of the molecule is O=C(NC(c1ccccc1)c1ccccn1)c1ccc(CNC(=O)C23CC4CC(CC(C4)C2)C3)cc1. The largest absolute Gasteiger partial charge is 0.352 e. The van der Waals surface area contributed by atoms with Crippen LogP contribution < -0.4 is 10.6 Å². The molecule has 184 valence electrons. The highest BCUT2D eigenvalue weighted by atomic mass is 16.2. The maximum absolute atomic E-state index is 13.3. The second kappa shape index (κ2) is 9.53. The molecule has 7 rings (SSSR count). The molecule has 4 aliphatic rings. The smallest absolute Gasteiger partial charge is 0.252 e. The van der Waals surface area contributed by atoms with Crippen LogP contribution >= 0.6 is 0 Å². The highest BCUT2D eigenvalue weighted by Gasteiger charge is 2.54. The molecule has 1 heterocycles. The van der Waals surface area contributed by atoms with Gasteiger partial charge in [-0.1, -0.05) is 48.5 Å². The van der Waals surface area contributed by atoms with Gasteiger partial charge in [0.2, 0.25) is 5.91 Å². The van der Waals surface area contributed by atoms with Gasteiger partial charge in [-0.2, -0.15) is 0 Å². The van der Waals surface area contributed by atoms with E-state index in [0.29, 0.717) is 12.1 Å². The topological polar surface area (TPSA) is 71.1 Å². The normalized spacial score (nSPS) is 26.8. The lowest BCUT2D eigenvalue weighted by molar-refractivity contribution is -0.146. The molecule has 0 spiro atoms. The van der Waals surface area contributed by atoms with Gasteiger partial charge in [0, 0.05) is 23.7 Å². The van der Waals surface area contributed by atoms with Gasteiger partial charge in [0.15, 0.2) is 0 Å². The van der Waals surface area contributed by atoms with Gasteiger partial charge in [0.25, 0.3) is 5.91 Å².